The molecule has 1 aromatic carbocycles. The summed E-state index contributed by atoms with van der Waals surface area (Å²) in [5.41, 5.74) is 2.31. The molecule has 0 nitrogen and oxygen atoms in total. The number of hydrogen-bond donors (Lipinski definition) is 0. The van der Waals surface area contributed by atoms with Crippen LogP contribution in [0.15, 0.2) is 30.3 Å². The third-order valence-corrected chi connectivity index (χ3v) is 3.28. The molecule has 90 valence electrons. The lowest BCUT2D eigenvalue weighted by molar-refractivity contribution is 0.183. The van der Waals surface area contributed by atoms with E-state index in [0.717, 1.165) is 0 Å². The molecule has 1 rings (SSSR count). The molecule has 1 aromatic rings. The van der Waals surface area contributed by atoms with Crippen molar-refractivity contribution in [2.75, 3.05) is 0 Å². The van der Waals surface area contributed by atoms with Crippen molar-refractivity contribution in [3.05, 3.63) is 35.9 Å². The molecule has 16 heavy (non-hydrogen) atoms. The fourth-order valence-electron chi connectivity index (χ4n) is 2.68. The predicted molar refractivity (Wildman–Crippen MR) is 72.6 cm³/mol. The van der Waals surface area contributed by atoms with Crippen molar-refractivity contribution in [3.63, 3.8) is 0 Å². The molecule has 1 atom stereocenters. The number of rotatable bonds is 4. The zero-order chi connectivity index (χ0) is 12.2. The Morgan fingerprint density at radius 1 is 0.938 bits per heavy atom. The molecule has 1 unspecified atom stereocenters. The smallest absolute Gasteiger partial charge is 0.0225 e. The van der Waals surface area contributed by atoms with Gasteiger partial charge in [0.1, 0.15) is 0 Å². The minimum Gasteiger partial charge on any atom is -0.0649 e. The monoisotopic (exact) mass is 218 g/mol. The number of benzene rings is 1. The lowest BCUT2D eigenvalue weighted by atomic mass is 9.70. The van der Waals surface area contributed by atoms with Gasteiger partial charge in [-0.25, -0.2) is 0 Å². The van der Waals surface area contributed by atoms with Crippen LogP contribution >= 0.6 is 0 Å². The Kier molecular flexibility index (Phi) is 4.18. The molecule has 0 fully saturated rings. The van der Waals surface area contributed by atoms with Crippen LogP contribution in [0, 0.1) is 10.8 Å². The van der Waals surface area contributed by atoms with Crippen LogP contribution in [0.2, 0.25) is 0 Å². The average Bonchev–Trinajstić information content (AvgIpc) is 2.16. The largest absolute Gasteiger partial charge is 0.0649 e. The minimum absolute atomic E-state index is 0.416. The topological polar surface area (TPSA) is 0 Å². The van der Waals surface area contributed by atoms with Gasteiger partial charge in [-0.05, 0) is 29.2 Å². The normalized spacial score (nSPS) is 15.8. The van der Waals surface area contributed by atoms with E-state index in [0.29, 0.717) is 10.8 Å². The third kappa shape index (κ3) is 4.38. The van der Waals surface area contributed by atoms with E-state index >= 15 is 0 Å². The molecule has 0 heterocycles. The first-order valence-electron chi connectivity index (χ1n) is 6.39. The Morgan fingerprint density at radius 2 is 1.50 bits per heavy atom. The first-order chi connectivity index (χ1) is 7.35. The summed E-state index contributed by atoms with van der Waals surface area (Å²) >= 11 is 0. The lowest BCUT2D eigenvalue weighted by Gasteiger charge is -2.35. The molecular formula is C16H26. The maximum Gasteiger partial charge on any atom is -0.0225 e. The lowest BCUT2D eigenvalue weighted by Crippen LogP contribution is -2.25. The Labute approximate surface area is 101 Å². The van der Waals surface area contributed by atoms with Gasteiger partial charge in [0.05, 0.1) is 0 Å². The van der Waals surface area contributed by atoms with Gasteiger partial charge in [-0.2, -0.15) is 0 Å². The van der Waals surface area contributed by atoms with Crippen molar-refractivity contribution in [1.82, 2.24) is 0 Å². The molecule has 0 saturated heterocycles. The average molecular weight is 218 g/mol. The zero-order valence-corrected chi connectivity index (χ0v) is 11.5. The summed E-state index contributed by atoms with van der Waals surface area (Å²) in [6.07, 6.45) is 3.73. The van der Waals surface area contributed by atoms with Crippen LogP contribution in [0.25, 0.3) is 0 Å². The fourth-order valence-corrected chi connectivity index (χ4v) is 2.68. The summed E-state index contributed by atoms with van der Waals surface area (Å²) in [5, 5.41) is 0. The van der Waals surface area contributed by atoms with Gasteiger partial charge in [-0.3, -0.25) is 0 Å². The Balaban J connectivity index is 2.74. The summed E-state index contributed by atoms with van der Waals surface area (Å²) in [7, 11) is 0. The fraction of sp³-hybridized carbons (Fsp3) is 0.625. The summed E-state index contributed by atoms with van der Waals surface area (Å²) < 4.78 is 0. The molecule has 0 radical (unpaired) electrons. The highest BCUT2D eigenvalue weighted by Crippen LogP contribution is 2.38. The van der Waals surface area contributed by atoms with Crippen LogP contribution in [0.3, 0.4) is 0 Å². The molecule has 0 bridgehead atoms. The van der Waals surface area contributed by atoms with Crippen molar-refractivity contribution < 1.29 is 0 Å². The van der Waals surface area contributed by atoms with E-state index in [4.69, 9.17) is 0 Å². The van der Waals surface area contributed by atoms with E-state index in [1.54, 1.807) is 0 Å². The summed E-state index contributed by atoms with van der Waals surface area (Å²) in [6, 6.07) is 10.9. The maximum absolute atomic E-state index is 2.42. The summed E-state index contributed by atoms with van der Waals surface area (Å²) in [4.78, 5) is 0. The number of hydrogen-bond acceptors (Lipinski definition) is 0. The van der Waals surface area contributed by atoms with E-state index in [-0.39, 0.29) is 0 Å². The van der Waals surface area contributed by atoms with Gasteiger partial charge in [-0.1, -0.05) is 71.4 Å². The van der Waals surface area contributed by atoms with Gasteiger partial charge < -0.3 is 0 Å². The third-order valence-electron chi connectivity index (χ3n) is 3.28. The van der Waals surface area contributed by atoms with Crippen LogP contribution in [-0.2, 0) is 6.42 Å². The molecule has 0 aliphatic rings. The first kappa shape index (κ1) is 13.3. The molecular weight excluding hydrogens is 192 g/mol. The molecule has 0 spiro atoms. The van der Waals surface area contributed by atoms with Crippen molar-refractivity contribution >= 4 is 0 Å². The molecule has 0 N–H and O–H groups in total. The van der Waals surface area contributed by atoms with Gasteiger partial charge in [0, 0.05) is 0 Å². The van der Waals surface area contributed by atoms with Gasteiger partial charge in [0.2, 0.25) is 0 Å². The highest BCUT2D eigenvalue weighted by atomic mass is 14.3. The maximum atomic E-state index is 2.42. The summed E-state index contributed by atoms with van der Waals surface area (Å²) in [6.45, 7) is 11.8. The van der Waals surface area contributed by atoms with Crippen molar-refractivity contribution in [2.45, 2.75) is 53.9 Å². The molecule has 0 saturated carbocycles. The quantitative estimate of drug-likeness (QED) is 0.661. The first-order valence-corrected chi connectivity index (χ1v) is 6.39. The molecule has 0 amide bonds. The second-order valence-corrected chi connectivity index (χ2v) is 6.56. The molecule has 0 aliphatic carbocycles. The Hall–Kier alpha value is -0.780. The Bertz CT molecular complexity index is 305. The molecule has 0 aliphatic heterocycles. The van der Waals surface area contributed by atoms with Gasteiger partial charge in [-0.15, -0.1) is 0 Å². The summed E-state index contributed by atoms with van der Waals surface area (Å²) in [5.74, 6) is 0. The van der Waals surface area contributed by atoms with Crippen LogP contribution < -0.4 is 0 Å². The van der Waals surface area contributed by atoms with Gasteiger partial charge >= 0.3 is 0 Å². The van der Waals surface area contributed by atoms with E-state index in [1.807, 2.05) is 0 Å². The van der Waals surface area contributed by atoms with E-state index < -0.39 is 0 Å². The van der Waals surface area contributed by atoms with Crippen molar-refractivity contribution in [2.24, 2.45) is 10.8 Å². The van der Waals surface area contributed by atoms with E-state index in [1.165, 1.54) is 24.8 Å². The zero-order valence-electron chi connectivity index (χ0n) is 11.5. The van der Waals surface area contributed by atoms with Crippen molar-refractivity contribution in [1.29, 1.82) is 0 Å². The SMILES string of the molecule is CCC(C)(Cc1ccccc1)CC(C)(C)C. The van der Waals surface area contributed by atoms with E-state index in [9.17, 15) is 0 Å². The van der Waals surface area contributed by atoms with Crippen LogP contribution in [0.5, 0.6) is 0 Å². The highest BCUT2D eigenvalue weighted by molar-refractivity contribution is 5.16. The van der Waals surface area contributed by atoms with Crippen molar-refractivity contribution in [3.8, 4) is 0 Å². The second kappa shape index (κ2) is 5.03. The molecule has 0 heteroatoms. The standard InChI is InChI=1S/C16H26/c1-6-16(5,13-15(2,3)4)12-14-10-8-7-9-11-14/h7-11H,6,12-13H2,1-5H3. The van der Waals surface area contributed by atoms with Gasteiger partial charge in [0.25, 0.3) is 0 Å². The van der Waals surface area contributed by atoms with E-state index in [2.05, 4.69) is 65.0 Å². The van der Waals surface area contributed by atoms with Crippen LogP contribution in [-0.4, -0.2) is 0 Å². The van der Waals surface area contributed by atoms with Gasteiger partial charge in [0.15, 0.2) is 0 Å². The highest BCUT2D eigenvalue weighted by Gasteiger charge is 2.28. The molecule has 0 aromatic heterocycles. The Morgan fingerprint density at radius 3 is 1.94 bits per heavy atom. The second-order valence-electron chi connectivity index (χ2n) is 6.56. The van der Waals surface area contributed by atoms with Crippen LogP contribution in [0.4, 0.5) is 0 Å². The predicted octanol–water partition coefficient (Wildman–Crippen LogP) is 5.08. The van der Waals surface area contributed by atoms with Crippen LogP contribution in [0.1, 0.15) is 53.0 Å². The minimum atomic E-state index is 0.416.